The fraction of sp³-hybridized carbons (Fsp3) is 0.364. The molecule has 0 aliphatic carbocycles. The van der Waals surface area contributed by atoms with Gasteiger partial charge in [0.1, 0.15) is 6.73 Å². The van der Waals surface area contributed by atoms with Crippen molar-refractivity contribution in [1.82, 2.24) is 0 Å². The van der Waals surface area contributed by atoms with Crippen molar-refractivity contribution in [2.45, 2.75) is 12.8 Å². The zero-order valence-electron chi connectivity index (χ0n) is 8.45. The number of ether oxygens (including phenoxy) is 1. The number of fused-ring (bicyclic) bond motifs is 1. The highest BCUT2D eigenvalue weighted by molar-refractivity contribution is 5.73. The van der Waals surface area contributed by atoms with Crippen LogP contribution >= 0.6 is 0 Å². The van der Waals surface area contributed by atoms with E-state index in [1.807, 2.05) is 12.1 Å². The van der Waals surface area contributed by atoms with Crippen molar-refractivity contribution in [2.75, 3.05) is 18.6 Å². The maximum absolute atomic E-state index is 11.2. The molecule has 0 bridgehead atoms. The third-order valence-electron chi connectivity index (χ3n) is 2.48. The van der Waals surface area contributed by atoms with E-state index in [0.29, 0.717) is 0 Å². The summed E-state index contributed by atoms with van der Waals surface area (Å²) in [4.78, 5) is 11.2. The second kappa shape index (κ2) is 4.31. The second-order valence-electron chi connectivity index (χ2n) is 3.53. The van der Waals surface area contributed by atoms with Crippen LogP contribution in [0.25, 0.3) is 0 Å². The van der Waals surface area contributed by atoms with Crippen LogP contribution in [-0.4, -0.2) is 19.2 Å². The number of nitrogens with two attached hydrogens (primary N) is 1. The minimum atomic E-state index is -0.282. The summed E-state index contributed by atoms with van der Waals surface area (Å²) in [6.07, 6.45) is 1.34. The summed E-state index contributed by atoms with van der Waals surface area (Å²) in [6, 6.07) is 6.02. The van der Waals surface area contributed by atoms with Crippen LogP contribution < -0.4 is 11.1 Å². The van der Waals surface area contributed by atoms with Gasteiger partial charge in [0.05, 0.1) is 6.42 Å². The zero-order valence-corrected chi connectivity index (χ0v) is 8.45. The lowest BCUT2D eigenvalue weighted by Crippen LogP contribution is -2.13. The van der Waals surface area contributed by atoms with E-state index >= 15 is 0 Å². The van der Waals surface area contributed by atoms with Gasteiger partial charge in [0, 0.05) is 12.2 Å². The largest absolute Gasteiger partial charge is 0.450 e. The van der Waals surface area contributed by atoms with Gasteiger partial charge in [-0.05, 0) is 23.6 Å². The number of benzene rings is 1. The predicted octanol–water partition coefficient (Wildman–Crippen LogP) is 0.656. The fourth-order valence-corrected chi connectivity index (χ4v) is 1.76. The van der Waals surface area contributed by atoms with Gasteiger partial charge in [-0.1, -0.05) is 12.1 Å². The molecule has 80 valence electrons. The summed E-state index contributed by atoms with van der Waals surface area (Å²) in [6.45, 7) is 0.925. The number of carbonyl (C=O) groups is 1. The molecule has 15 heavy (non-hydrogen) atoms. The summed E-state index contributed by atoms with van der Waals surface area (Å²) in [5.74, 6) is -0.282. The summed E-state index contributed by atoms with van der Waals surface area (Å²) >= 11 is 0. The average molecular weight is 206 g/mol. The topological polar surface area (TPSA) is 64.3 Å². The molecular weight excluding hydrogens is 192 g/mol. The Morgan fingerprint density at radius 1 is 1.53 bits per heavy atom. The lowest BCUT2D eigenvalue weighted by atomic mass is 10.1. The Morgan fingerprint density at radius 3 is 3.20 bits per heavy atom. The van der Waals surface area contributed by atoms with E-state index < -0.39 is 0 Å². The first-order valence-electron chi connectivity index (χ1n) is 5.01. The lowest BCUT2D eigenvalue weighted by molar-refractivity contribution is -0.142. The number of hydrogen-bond acceptors (Lipinski definition) is 4. The molecule has 1 aromatic carbocycles. The Labute approximate surface area is 88.4 Å². The van der Waals surface area contributed by atoms with Crippen LogP contribution in [0.1, 0.15) is 11.1 Å². The molecule has 0 unspecified atom stereocenters. The van der Waals surface area contributed by atoms with Gasteiger partial charge >= 0.3 is 5.97 Å². The van der Waals surface area contributed by atoms with Crippen LogP contribution in [0.3, 0.4) is 0 Å². The monoisotopic (exact) mass is 206 g/mol. The Kier molecular flexibility index (Phi) is 2.87. The maximum Gasteiger partial charge on any atom is 0.311 e. The van der Waals surface area contributed by atoms with Crippen molar-refractivity contribution >= 4 is 11.7 Å². The molecule has 4 heteroatoms. The van der Waals surface area contributed by atoms with E-state index in [0.717, 1.165) is 24.2 Å². The molecule has 0 amide bonds. The summed E-state index contributed by atoms with van der Waals surface area (Å²) in [7, 11) is 0. The van der Waals surface area contributed by atoms with Crippen LogP contribution in [-0.2, 0) is 22.4 Å². The van der Waals surface area contributed by atoms with Crippen LogP contribution in [0, 0.1) is 0 Å². The molecule has 1 aliphatic heterocycles. The molecule has 0 saturated heterocycles. The number of hydrogen-bond donors (Lipinski definition) is 2. The van der Waals surface area contributed by atoms with Gasteiger partial charge in [0.25, 0.3) is 0 Å². The molecule has 0 radical (unpaired) electrons. The molecule has 0 aromatic heterocycles. The highest BCUT2D eigenvalue weighted by Crippen LogP contribution is 2.23. The zero-order chi connectivity index (χ0) is 10.7. The molecule has 3 N–H and O–H groups in total. The van der Waals surface area contributed by atoms with Crippen molar-refractivity contribution in [1.29, 1.82) is 0 Å². The number of rotatable bonds is 3. The molecule has 1 aromatic rings. The first-order chi connectivity index (χ1) is 7.29. The molecule has 0 saturated carbocycles. The highest BCUT2D eigenvalue weighted by atomic mass is 16.5. The van der Waals surface area contributed by atoms with Gasteiger partial charge < -0.3 is 10.1 Å². The Bertz CT molecular complexity index is 377. The first-order valence-corrected chi connectivity index (χ1v) is 5.01. The van der Waals surface area contributed by atoms with Gasteiger partial charge in [0.2, 0.25) is 0 Å². The lowest BCUT2D eigenvalue weighted by Gasteiger charge is -2.04. The van der Waals surface area contributed by atoms with E-state index in [1.54, 1.807) is 0 Å². The third-order valence-corrected chi connectivity index (χ3v) is 2.48. The molecule has 1 aliphatic rings. The van der Waals surface area contributed by atoms with Crippen molar-refractivity contribution < 1.29 is 9.53 Å². The van der Waals surface area contributed by atoms with E-state index in [1.165, 1.54) is 5.56 Å². The van der Waals surface area contributed by atoms with Crippen molar-refractivity contribution in [2.24, 2.45) is 5.73 Å². The molecule has 0 spiro atoms. The van der Waals surface area contributed by atoms with Crippen molar-refractivity contribution in [3.8, 4) is 0 Å². The van der Waals surface area contributed by atoms with Gasteiger partial charge in [-0.2, -0.15) is 0 Å². The normalized spacial score (nSPS) is 13.1. The summed E-state index contributed by atoms with van der Waals surface area (Å²) in [5.41, 5.74) is 8.52. The molecule has 0 atom stereocenters. The molecule has 0 fully saturated rings. The number of carbonyl (C=O) groups excluding carboxylic acids is 1. The Balaban J connectivity index is 2.06. The quantitative estimate of drug-likeness (QED) is 0.563. The number of esters is 1. The van der Waals surface area contributed by atoms with Crippen molar-refractivity contribution in [3.63, 3.8) is 0 Å². The van der Waals surface area contributed by atoms with Crippen LogP contribution in [0.15, 0.2) is 18.2 Å². The highest BCUT2D eigenvalue weighted by Gasteiger charge is 2.11. The first kappa shape index (κ1) is 9.98. The Hall–Kier alpha value is -1.55. The average Bonchev–Trinajstić information content (AvgIpc) is 2.65. The molecule has 1 heterocycles. The minimum absolute atomic E-state index is 0.0535. The van der Waals surface area contributed by atoms with Crippen molar-refractivity contribution in [3.05, 3.63) is 29.3 Å². The summed E-state index contributed by atoms with van der Waals surface area (Å²) in [5, 5.41) is 3.27. The SMILES string of the molecule is NCOC(=O)Cc1ccc2c(c1)NCC2. The molecule has 4 nitrogen and oxygen atoms in total. The van der Waals surface area contributed by atoms with Gasteiger partial charge in [-0.15, -0.1) is 0 Å². The molecule has 2 rings (SSSR count). The smallest absolute Gasteiger partial charge is 0.311 e. The van der Waals surface area contributed by atoms with Crippen LogP contribution in [0.2, 0.25) is 0 Å². The second-order valence-corrected chi connectivity index (χ2v) is 3.53. The van der Waals surface area contributed by atoms with E-state index in [-0.39, 0.29) is 19.1 Å². The number of nitrogens with one attached hydrogen (secondary N) is 1. The fourth-order valence-electron chi connectivity index (χ4n) is 1.76. The maximum atomic E-state index is 11.2. The van der Waals surface area contributed by atoms with Crippen LogP contribution in [0.4, 0.5) is 5.69 Å². The standard InChI is InChI=1S/C11H14N2O2/c12-7-15-11(14)6-8-1-2-9-3-4-13-10(9)5-8/h1-2,5,13H,3-4,6-7,12H2. The van der Waals surface area contributed by atoms with E-state index in [9.17, 15) is 4.79 Å². The van der Waals surface area contributed by atoms with Crippen LogP contribution in [0.5, 0.6) is 0 Å². The summed E-state index contributed by atoms with van der Waals surface area (Å²) < 4.78 is 4.68. The molecular formula is C11H14N2O2. The predicted molar refractivity (Wildman–Crippen MR) is 57.5 cm³/mol. The van der Waals surface area contributed by atoms with Gasteiger partial charge in [-0.3, -0.25) is 10.5 Å². The third kappa shape index (κ3) is 2.27. The number of anilines is 1. The minimum Gasteiger partial charge on any atom is -0.450 e. The van der Waals surface area contributed by atoms with Gasteiger partial charge in [0.15, 0.2) is 0 Å². The van der Waals surface area contributed by atoms with Gasteiger partial charge in [-0.25, -0.2) is 0 Å². The van der Waals surface area contributed by atoms with E-state index in [2.05, 4.69) is 16.1 Å². The Morgan fingerprint density at radius 2 is 2.40 bits per heavy atom. The van der Waals surface area contributed by atoms with E-state index in [4.69, 9.17) is 5.73 Å².